The summed E-state index contributed by atoms with van der Waals surface area (Å²) in [5.41, 5.74) is 3.55. The van der Waals surface area contributed by atoms with Gasteiger partial charge in [0.25, 0.3) is 5.91 Å². The van der Waals surface area contributed by atoms with Crippen molar-refractivity contribution in [2.45, 2.75) is 44.7 Å². The zero-order valence-corrected chi connectivity index (χ0v) is 20.4. The van der Waals surface area contributed by atoms with Gasteiger partial charge in [0, 0.05) is 39.8 Å². The van der Waals surface area contributed by atoms with Crippen LogP contribution in [-0.4, -0.2) is 46.9 Å². The van der Waals surface area contributed by atoms with Crippen LogP contribution in [0, 0.1) is 13.8 Å². The Bertz CT molecular complexity index is 1560. The molecular formula is C29H30N4O3. The lowest BCUT2D eigenvalue weighted by molar-refractivity contribution is 0.0767. The summed E-state index contributed by atoms with van der Waals surface area (Å²) in [6, 6.07) is 13.2. The Morgan fingerprint density at radius 2 is 2.14 bits per heavy atom. The maximum absolute atomic E-state index is 13.6. The highest BCUT2D eigenvalue weighted by Gasteiger charge is 2.47. The van der Waals surface area contributed by atoms with Crippen molar-refractivity contribution in [3.8, 4) is 17.1 Å². The quantitative estimate of drug-likeness (QED) is 0.396. The number of nitrogens with zero attached hydrogens (tertiary/aromatic N) is 3. The van der Waals surface area contributed by atoms with Crippen LogP contribution < -0.4 is 10.1 Å². The number of amides is 1. The molecule has 2 aromatic carbocycles. The number of hydrogen-bond acceptors (Lipinski definition) is 6. The van der Waals surface area contributed by atoms with Crippen molar-refractivity contribution < 1.29 is 18.1 Å². The van der Waals surface area contributed by atoms with Gasteiger partial charge in [-0.2, -0.15) is 0 Å². The van der Waals surface area contributed by atoms with Gasteiger partial charge in [-0.15, -0.1) is 0 Å². The summed E-state index contributed by atoms with van der Waals surface area (Å²) in [4.78, 5) is 23.9. The van der Waals surface area contributed by atoms with Gasteiger partial charge in [-0.3, -0.25) is 14.7 Å². The Hall–Kier alpha value is -3.71. The van der Waals surface area contributed by atoms with E-state index in [0.29, 0.717) is 29.5 Å². The third kappa shape index (κ3) is 4.13. The van der Waals surface area contributed by atoms with Gasteiger partial charge >= 0.3 is 0 Å². The number of fused-ring (bicyclic) bond motifs is 1. The standard InChI is InChI=1S/C29H30N4O3/c1-18-6-7-22(35-17-21-8-12-33(21)3)15-24(18)28(34)32-29(9-10-29)25-13-20(27-16-31-19(2)36-27)14-26-23(25)5-4-11-30-26/h4-7,11,13-16,21H,8-10,12,17H2,1-3H3,(H,32,34)/t21-/m0/s1/i3D3. The van der Waals surface area contributed by atoms with Gasteiger partial charge in [-0.25, -0.2) is 4.98 Å². The van der Waals surface area contributed by atoms with Crippen LogP contribution in [0.4, 0.5) is 0 Å². The van der Waals surface area contributed by atoms with Crippen LogP contribution >= 0.6 is 0 Å². The molecule has 1 atom stereocenters. The average molecular weight is 486 g/mol. The largest absolute Gasteiger partial charge is 0.492 e. The summed E-state index contributed by atoms with van der Waals surface area (Å²) in [5.74, 6) is 1.61. The van der Waals surface area contributed by atoms with E-state index in [4.69, 9.17) is 13.3 Å². The van der Waals surface area contributed by atoms with E-state index >= 15 is 0 Å². The number of aromatic nitrogens is 2. The maximum atomic E-state index is 13.6. The van der Waals surface area contributed by atoms with Crippen molar-refractivity contribution in [1.29, 1.82) is 0 Å². The number of pyridine rings is 1. The molecule has 7 heteroatoms. The molecule has 184 valence electrons. The summed E-state index contributed by atoms with van der Waals surface area (Å²) in [7, 11) is 0. The third-order valence-corrected chi connectivity index (χ3v) is 7.28. The molecule has 4 aromatic rings. The highest BCUT2D eigenvalue weighted by atomic mass is 16.5. The first-order chi connectivity index (χ1) is 18.6. The van der Waals surface area contributed by atoms with Crippen molar-refractivity contribution in [2.75, 3.05) is 20.1 Å². The van der Waals surface area contributed by atoms with E-state index in [1.165, 1.54) is 4.90 Å². The van der Waals surface area contributed by atoms with Gasteiger partial charge in [0.1, 0.15) is 12.4 Å². The fraction of sp³-hybridized carbons (Fsp3) is 0.345. The van der Waals surface area contributed by atoms with Crippen LogP contribution in [0.5, 0.6) is 5.75 Å². The summed E-state index contributed by atoms with van der Waals surface area (Å²) in [6.07, 6.45) is 5.86. The molecule has 2 fully saturated rings. The second-order valence-electron chi connectivity index (χ2n) is 9.80. The van der Waals surface area contributed by atoms with Crippen molar-refractivity contribution >= 4 is 16.8 Å². The fourth-order valence-electron chi connectivity index (χ4n) is 4.83. The van der Waals surface area contributed by atoms with Gasteiger partial charge < -0.3 is 14.5 Å². The van der Waals surface area contributed by atoms with E-state index < -0.39 is 12.5 Å². The average Bonchev–Trinajstić information content (AvgIpc) is 3.52. The molecule has 1 aliphatic carbocycles. The molecule has 1 aliphatic heterocycles. The molecule has 0 spiro atoms. The normalized spacial score (nSPS) is 20.2. The number of ether oxygens (including phenoxy) is 1. The first-order valence-electron chi connectivity index (χ1n) is 13.8. The van der Waals surface area contributed by atoms with Crippen molar-refractivity contribution in [1.82, 2.24) is 20.2 Å². The molecule has 1 saturated heterocycles. The lowest BCUT2D eigenvalue weighted by Crippen LogP contribution is -2.48. The summed E-state index contributed by atoms with van der Waals surface area (Å²) in [6.45, 7) is 2.39. The summed E-state index contributed by atoms with van der Waals surface area (Å²) < 4.78 is 34.6. The highest BCUT2D eigenvalue weighted by Crippen LogP contribution is 2.49. The number of likely N-dealkylation sites (N-methyl/N-ethyl adjacent to an activating group) is 1. The van der Waals surface area contributed by atoms with E-state index in [9.17, 15) is 4.79 Å². The second-order valence-corrected chi connectivity index (χ2v) is 9.80. The molecule has 7 nitrogen and oxygen atoms in total. The maximum Gasteiger partial charge on any atom is 0.252 e. The molecule has 2 aliphatic rings. The number of carbonyl (C=O) groups is 1. The second kappa shape index (κ2) is 8.75. The van der Waals surface area contributed by atoms with E-state index in [0.717, 1.165) is 46.9 Å². The Kier molecular flexibility index (Phi) is 4.73. The molecule has 36 heavy (non-hydrogen) atoms. The number of carbonyl (C=O) groups excluding carboxylic acids is 1. The smallest absolute Gasteiger partial charge is 0.252 e. The minimum atomic E-state index is -2.12. The number of nitrogens with one attached hydrogen (secondary N) is 1. The lowest BCUT2D eigenvalue weighted by Gasteiger charge is -2.37. The zero-order valence-electron chi connectivity index (χ0n) is 23.4. The molecule has 2 aromatic heterocycles. The van der Waals surface area contributed by atoms with Crippen LogP contribution in [0.1, 0.15) is 50.8 Å². The predicted molar refractivity (Wildman–Crippen MR) is 138 cm³/mol. The molecule has 6 rings (SSSR count). The predicted octanol–water partition coefficient (Wildman–Crippen LogP) is 5.01. The van der Waals surface area contributed by atoms with E-state index in [1.807, 2.05) is 44.2 Å². The number of aryl methyl sites for hydroxylation is 2. The van der Waals surface area contributed by atoms with Crippen molar-refractivity contribution in [2.24, 2.45) is 0 Å². The zero-order chi connectivity index (χ0) is 27.4. The van der Waals surface area contributed by atoms with Gasteiger partial charge in [-0.05, 0) is 81.2 Å². The molecule has 1 N–H and O–H groups in total. The SMILES string of the molecule is [2H]C([2H])([2H])N1CC[C@H]1COc1ccc(C)c(C(=O)NC2(c3cc(-c4cnc(C)o4)cc4ncccc34)CC2)c1. The molecule has 0 bridgehead atoms. The van der Waals surface area contributed by atoms with Crippen LogP contribution in [0.15, 0.2) is 59.3 Å². The first kappa shape index (κ1) is 19.5. The Balaban J connectivity index is 1.25. The van der Waals surface area contributed by atoms with Gasteiger partial charge in [0.05, 0.1) is 17.3 Å². The van der Waals surface area contributed by atoms with Gasteiger partial charge in [0.15, 0.2) is 11.7 Å². The summed E-state index contributed by atoms with van der Waals surface area (Å²) >= 11 is 0. The Morgan fingerprint density at radius 3 is 2.86 bits per heavy atom. The fourth-order valence-corrected chi connectivity index (χ4v) is 4.83. The molecule has 0 radical (unpaired) electrons. The van der Waals surface area contributed by atoms with Crippen molar-refractivity contribution in [3.05, 3.63) is 77.4 Å². The monoisotopic (exact) mass is 485 g/mol. The Morgan fingerprint density at radius 1 is 1.25 bits per heavy atom. The van der Waals surface area contributed by atoms with Crippen LogP contribution in [0.25, 0.3) is 22.2 Å². The van der Waals surface area contributed by atoms with E-state index in [2.05, 4.69) is 21.4 Å². The number of likely N-dealkylation sites (tertiary alicyclic amines) is 1. The molecule has 0 unspecified atom stereocenters. The first-order valence-corrected chi connectivity index (χ1v) is 12.3. The topological polar surface area (TPSA) is 80.5 Å². The highest BCUT2D eigenvalue weighted by molar-refractivity contribution is 5.98. The molecule has 3 heterocycles. The lowest BCUT2D eigenvalue weighted by atomic mass is 9.95. The van der Waals surface area contributed by atoms with Gasteiger partial charge in [0.2, 0.25) is 0 Å². The number of benzene rings is 2. The van der Waals surface area contributed by atoms with Gasteiger partial charge in [-0.1, -0.05) is 12.1 Å². The number of rotatable bonds is 7. The van der Waals surface area contributed by atoms with Crippen molar-refractivity contribution in [3.63, 3.8) is 0 Å². The Labute approximate surface area is 214 Å². The number of oxazole rings is 1. The van der Waals surface area contributed by atoms with Crippen LogP contribution in [0.2, 0.25) is 0 Å². The molecule has 1 saturated carbocycles. The number of hydrogen-bond donors (Lipinski definition) is 1. The van der Waals surface area contributed by atoms with E-state index in [-0.39, 0.29) is 18.6 Å². The van der Waals surface area contributed by atoms with E-state index in [1.54, 1.807) is 18.5 Å². The third-order valence-electron chi connectivity index (χ3n) is 7.28. The summed E-state index contributed by atoms with van der Waals surface area (Å²) in [5, 5.41) is 4.30. The minimum Gasteiger partial charge on any atom is -0.492 e. The van der Waals surface area contributed by atoms with Crippen LogP contribution in [0.3, 0.4) is 0 Å². The van der Waals surface area contributed by atoms with Crippen LogP contribution in [-0.2, 0) is 5.54 Å². The molecule has 1 amide bonds. The minimum absolute atomic E-state index is 0.159. The molecular weight excluding hydrogens is 452 g/mol.